The molecule has 3 unspecified atom stereocenters. The van der Waals surface area contributed by atoms with Crippen molar-refractivity contribution in [3.63, 3.8) is 0 Å². The number of hydrogen-bond acceptors (Lipinski definition) is 6. The highest BCUT2D eigenvalue weighted by atomic mass is 16.6. The summed E-state index contributed by atoms with van der Waals surface area (Å²) in [6, 6.07) is -1.50. The fourth-order valence-corrected chi connectivity index (χ4v) is 6.45. The summed E-state index contributed by atoms with van der Waals surface area (Å²) in [5, 5.41) is 10.3. The number of likely N-dealkylation sites (tertiary alicyclic amines) is 1. The maximum absolute atomic E-state index is 14.3. The molecule has 3 aliphatic rings. The van der Waals surface area contributed by atoms with Gasteiger partial charge in [0.1, 0.15) is 18.2 Å². The van der Waals surface area contributed by atoms with Crippen molar-refractivity contribution in [2.24, 2.45) is 17.8 Å². The Morgan fingerprint density at radius 1 is 1.31 bits per heavy atom. The zero-order valence-electron chi connectivity index (χ0n) is 21.7. The zero-order chi connectivity index (χ0) is 25.9. The molecule has 3 saturated heterocycles. The van der Waals surface area contributed by atoms with Crippen molar-refractivity contribution in [3.8, 4) is 0 Å². The van der Waals surface area contributed by atoms with Crippen LogP contribution in [-0.2, 0) is 23.9 Å². The summed E-state index contributed by atoms with van der Waals surface area (Å²) < 4.78 is 11.8. The summed E-state index contributed by atoms with van der Waals surface area (Å²) in [5.41, 5.74) is -1.10. The summed E-state index contributed by atoms with van der Waals surface area (Å²) in [6.45, 7) is 15.7. The number of aliphatic hydroxyl groups is 1. The Balaban J connectivity index is 2.08. The average Bonchev–Trinajstić information content (AvgIpc) is 3.46. The van der Waals surface area contributed by atoms with Crippen LogP contribution < -0.4 is 0 Å². The van der Waals surface area contributed by atoms with E-state index in [-0.39, 0.29) is 37.0 Å². The number of aliphatic hydroxyl groups excluding tert-OH is 1. The molecule has 196 valence electrons. The molecule has 1 spiro atoms. The summed E-state index contributed by atoms with van der Waals surface area (Å²) in [5.74, 6) is -2.37. The van der Waals surface area contributed by atoms with Crippen LogP contribution in [0.15, 0.2) is 25.3 Å². The summed E-state index contributed by atoms with van der Waals surface area (Å²) in [7, 11) is 0. The van der Waals surface area contributed by atoms with E-state index in [2.05, 4.69) is 20.1 Å². The molecule has 2 bridgehead atoms. The van der Waals surface area contributed by atoms with Gasteiger partial charge in [0.15, 0.2) is 0 Å². The molecule has 2 amide bonds. The van der Waals surface area contributed by atoms with Crippen LogP contribution in [0, 0.1) is 17.8 Å². The molecule has 0 aromatic rings. The van der Waals surface area contributed by atoms with Crippen LogP contribution in [0.4, 0.5) is 0 Å². The molecule has 0 saturated carbocycles. The summed E-state index contributed by atoms with van der Waals surface area (Å²) in [6.07, 6.45) is 6.07. The van der Waals surface area contributed by atoms with Crippen molar-refractivity contribution in [1.82, 2.24) is 9.80 Å². The second-order valence-corrected chi connectivity index (χ2v) is 10.6. The predicted molar refractivity (Wildman–Crippen MR) is 132 cm³/mol. The number of hydrogen-bond donors (Lipinski definition) is 1. The van der Waals surface area contributed by atoms with Crippen molar-refractivity contribution in [1.29, 1.82) is 0 Å². The zero-order valence-corrected chi connectivity index (χ0v) is 21.7. The normalized spacial score (nSPS) is 30.8. The third kappa shape index (κ3) is 4.79. The van der Waals surface area contributed by atoms with E-state index in [4.69, 9.17) is 9.47 Å². The van der Waals surface area contributed by atoms with Crippen LogP contribution in [-0.4, -0.2) is 82.3 Å². The number of carbonyl (C=O) groups excluding carboxylic acids is 3. The fourth-order valence-electron chi connectivity index (χ4n) is 6.45. The van der Waals surface area contributed by atoms with Gasteiger partial charge in [0.05, 0.1) is 30.6 Å². The highest BCUT2D eigenvalue weighted by Crippen LogP contribution is 2.59. The van der Waals surface area contributed by atoms with Gasteiger partial charge in [-0.15, -0.1) is 6.58 Å². The first-order valence-corrected chi connectivity index (χ1v) is 13.0. The van der Waals surface area contributed by atoms with Crippen molar-refractivity contribution >= 4 is 17.8 Å². The van der Waals surface area contributed by atoms with E-state index in [9.17, 15) is 19.5 Å². The van der Waals surface area contributed by atoms with Crippen LogP contribution in [0.1, 0.15) is 59.8 Å². The minimum atomic E-state index is -1.10. The number of fused-ring (bicyclic) bond motifs is 1. The summed E-state index contributed by atoms with van der Waals surface area (Å²) in [4.78, 5) is 44.7. The lowest BCUT2D eigenvalue weighted by Crippen LogP contribution is -2.60. The van der Waals surface area contributed by atoms with Gasteiger partial charge >= 0.3 is 5.97 Å². The molecule has 8 heteroatoms. The van der Waals surface area contributed by atoms with Crippen LogP contribution in [0.2, 0.25) is 0 Å². The van der Waals surface area contributed by atoms with Gasteiger partial charge in [-0.3, -0.25) is 14.4 Å². The highest BCUT2D eigenvalue weighted by Gasteiger charge is 2.75. The smallest absolute Gasteiger partial charge is 0.312 e. The van der Waals surface area contributed by atoms with E-state index in [0.29, 0.717) is 25.8 Å². The van der Waals surface area contributed by atoms with Crippen molar-refractivity contribution in [3.05, 3.63) is 25.3 Å². The van der Waals surface area contributed by atoms with Crippen LogP contribution in [0.5, 0.6) is 0 Å². The first-order chi connectivity index (χ1) is 16.7. The minimum Gasteiger partial charge on any atom is -0.461 e. The SMILES string of the molecule is C=CCOC(=O)[C@@H]1[C@@H]2CCC3(O2)C(C(=O)N(CC=C)C(C)CCC)N([C@@H](CO)CC(C)C)C(=O)[C@H]13. The Hall–Kier alpha value is -2.19. The largest absolute Gasteiger partial charge is 0.461 e. The maximum Gasteiger partial charge on any atom is 0.312 e. The number of rotatable bonds is 13. The molecule has 0 aromatic carbocycles. The van der Waals surface area contributed by atoms with Gasteiger partial charge in [-0.25, -0.2) is 0 Å². The molecular weight excluding hydrogens is 448 g/mol. The third-order valence-corrected chi connectivity index (χ3v) is 7.78. The Morgan fingerprint density at radius 3 is 2.60 bits per heavy atom. The molecule has 0 aliphatic carbocycles. The van der Waals surface area contributed by atoms with E-state index in [0.717, 1.165) is 12.8 Å². The minimum absolute atomic E-state index is 0.0519. The molecule has 8 nitrogen and oxygen atoms in total. The molecule has 3 heterocycles. The van der Waals surface area contributed by atoms with Gasteiger partial charge in [-0.05, 0) is 38.5 Å². The Morgan fingerprint density at radius 2 is 2.03 bits per heavy atom. The quantitative estimate of drug-likeness (QED) is 0.315. The number of amides is 2. The molecule has 3 fully saturated rings. The van der Waals surface area contributed by atoms with Gasteiger partial charge in [0.2, 0.25) is 11.8 Å². The lowest BCUT2D eigenvalue weighted by molar-refractivity contribution is -0.156. The lowest BCUT2D eigenvalue weighted by Gasteiger charge is -2.41. The lowest BCUT2D eigenvalue weighted by atomic mass is 9.70. The van der Waals surface area contributed by atoms with Crippen LogP contribution in [0.25, 0.3) is 0 Å². The molecule has 3 aliphatic heterocycles. The molecule has 1 N–H and O–H groups in total. The monoisotopic (exact) mass is 490 g/mol. The Labute approximate surface area is 209 Å². The second kappa shape index (κ2) is 11.2. The number of carbonyl (C=O) groups is 3. The first-order valence-electron chi connectivity index (χ1n) is 13.0. The number of esters is 1. The van der Waals surface area contributed by atoms with E-state index in [1.807, 2.05) is 20.8 Å². The molecule has 3 rings (SSSR count). The second-order valence-electron chi connectivity index (χ2n) is 10.6. The van der Waals surface area contributed by atoms with Gasteiger partial charge in [0, 0.05) is 12.6 Å². The van der Waals surface area contributed by atoms with E-state index >= 15 is 0 Å². The molecule has 0 aromatic heterocycles. The van der Waals surface area contributed by atoms with Crippen molar-refractivity contribution < 1.29 is 29.0 Å². The van der Waals surface area contributed by atoms with Crippen molar-refractivity contribution in [2.75, 3.05) is 19.8 Å². The van der Waals surface area contributed by atoms with Gasteiger partial charge in [-0.1, -0.05) is 45.9 Å². The van der Waals surface area contributed by atoms with Crippen molar-refractivity contribution in [2.45, 2.75) is 89.6 Å². The topological polar surface area (TPSA) is 96.4 Å². The molecule has 7 atom stereocenters. The van der Waals surface area contributed by atoms with E-state index in [1.165, 1.54) is 6.08 Å². The first kappa shape index (κ1) is 27.4. The maximum atomic E-state index is 14.3. The standard InChI is InChI=1S/C27H42N2O6/c1-7-10-18(6)28(13-8-2)25(32)23-27-12-11-20(35-27)21(26(33)34-14-9-3)22(27)24(31)29(23)19(16-30)15-17(4)5/h8-9,17-23,30H,2-3,7,10-16H2,1,4-6H3/t18?,19-,20+,21-,22+,23?,27?/m1/s1. The van der Waals surface area contributed by atoms with E-state index in [1.54, 1.807) is 15.9 Å². The summed E-state index contributed by atoms with van der Waals surface area (Å²) >= 11 is 0. The molecule has 35 heavy (non-hydrogen) atoms. The van der Waals surface area contributed by atoms with Gasteiger partial charge in [-0.2, -0.15) is 0 Å². The average molecular weight is 491 g/mol. The fraction of sp³-hybridized carbons (Fsp3) is 0.741. The van der Waals surface area contributed by atoms with Gasteiger partial charge in [0.25, 0.3) is 0 Å². The van der Waals surface area contributed by atoms with Crippen LogP contribution in [0.3, 0.4) is 0 Å². The molecule has 0 radical (unpaired) electrons. The Bertz CT molecular complexity index is 828. The number of ether oxygens (including phenoxy) is 2. The predicted octanol–water partition coefficient (Wildman–Crippen LogP) is 2.70. The number of nitrogens with zero attached hydrogens (tertiary/aromatic N) is 2. The van der Waals surface area contributed by atoms with Gasteiger partial charge < -0.3 is 24.4 Å². The third-order valence-electron chi connectivity index (χ3n) is 7.78. The Kier molecular flexibility index (Phi) is 8.81. The highest BCUT2D eigenvalue weighted by molar-refractivity contribution is 5.98. The van der Waals surface area contributed by atoms with Crippen LogP contribution >= 0.6 is 0 Å². The molecular formula is C27H42N2O6. The van der Waals surface area contributed by atoms with E-state index < -0.39 is 41.6 Å².